The molecule has 0 atom stereocenters. The third kappa shape index (κ3) is 4.02. The fourth-order valence-electron chi connectivity index (χ4n) is 4.40. The van der Waals surface area contributed by atoms with Gasteiger partial charge < -0.3 is 14.8 Å². The zero-order valence-corrected chi connectivity index (χ0v) is 19.0. The second kappa shape index (κ2) is 8.58. The highest BCUT2D eigenvalue weighted by molar-refractivity contribution is 5.85. The van der Waals surface area contributed by atoms with Gasteiger partial charge in [-0.3, -0.25) is 4.79 Å². The topological polar surface area (TPSA) is 78.3 Å². The first kappa shape index (κ1) is 21.0. The maximum atomic E-state index is 12.6. The summed E-state index contributed by atoms with van der Waals surface area (Å²) >= 11 is 0. The van der Waals surface area contributed by atoms with Crippen molar-refractivity contribution >= 4 is 16.9 Å². The summed E-state index contributed by atoms with van der Waals surface area (Å²) in [6.07, 6.45) is 1.02. The van der Waals surface area contributed by atoms with Crippen molar-refractivity contribution in [2.75, 3.05) is 6.79 Å². The normalized spacial score (nSPS) is 12.3. The number of ether oxygens (including phenoxy) is 2. The van der Waals surface area contributed by atoms with Gasteiger partial charge in [-0.05, 0) is 68.1 Å². The van der Waals surface area contributed by atoms with Crippen LogP contribution in [0.5, 0.6) is 11.5 Å². The predicted octanol–water partition coefficient (Wildman–Crippen LogP) is 4.32. The van der Waals surface area contributed by atoms with E-state index in [1.54, 1.807) is 0 Å². The minimum atomic E-state index is 0.00302. The third-order valence-electron chi connectivity index (χ3n) is 6.10. The fourth-order valence-corrected chi connectivity index (χ4v) is 4.40. The molecule has 7 heteroatoms. The van der Waals surface area contributed by atoms with Gasteiger partial charge in [0, 0.05) is 24.0 Å². The highest BCUT2D eigenvalue weighted by atomic mass is 16.7. The monoisotopic (exact) mass is 442 g/mol. The lowest BCUT2D eigenvalue weighted by Gasteiger charge is -2.12. The molecule has 0 saturated heterocycles. The molecule has 3 heterocycles. The molecule has 1 amide bonds. The highest BCUT2D eigenvalue weighted by Gasteiger charge is 2.18. The Kier molecular flexibility index (Phi) is 5.46. The van der Waals surface area contributed by atoms with Gasteiger partial charge in [-0.15, -0.1) is 0 Å². The number of nitrogens with zero attached hydrogens (tertiary/aromatic N) is 3. The summed E-state index contributed by atoms with van der Waals surface area (Å²) in [5, 5.41) is 8.80. The van der Waals surface area contributed by atoms with E-state index < -0.39 is 0 Å². The average molecular weight is 443 g/mol. The van der Waals surface area contributed by atoms with Crippen molar-refractivity contribution in [3.05, 3.63) is 76.6 Å². The molecule has 0 unspecified atom stereocenters. The number of para-hydroxylation sites is 1. The number of hydrogen-bond donors (Lipinski definition) is 1. The lowest BCUT2D eigenvalue weighted by molar-refractivity contribution is -0.121. The van der Waals surface area contributed by atoms with Gasteiger partial charge in [0.15, 0.2) is 17.1 Å². The minimum absolute atomic E-state index is 0.00302. The summed E-state index contributed by atoms with van der Waals surface area (Å²) in [6, 6.07) is 15.7. The Labute approximate surface area is 192 Å². The van der Waals surface area contributed by atoms with Crippen molar-refractivity contribution < 1.29 is 14.3 Å². The van der Waals surface area contributed by atoms with E-state index in [-0.39, 0.29) is 12.7 Å². The van der Waals surface area contributed by atoms with Gasteiger partial charge in [0.2, 0.25) is 12.7 Å². The van der Waals surface area contributed by atoms with Crippen LogP contribution in [0.15, 0.2) is 48.5 Å². The SMILES string of the molecule is Cc1nc2c(c(C)nn2-c2ccccc2)c(C)c1CCC(=O)NCc1ccc2c(c1)OCO2. The Morgan fingerprint density at radius 2 is 1.82 bits per heavy atom. The summed E-state index contributed by atoms with van der Waals surface area (Å²) in [4.78, 5) is 17.4. The molecule has 1 aliphatic heterocycles. The Balaban J connectivity index is 1.31. The predicted molar refractivity (Wildman–Crippen MR) is 126 cm³/mol. The van der Waals surface area contributed by atoms with Gasteiger partial charge in [0.1, 0.15) is 0 Å². The van der Waals surface area contributed by atoms with Gasteiger partial charge in [-0.2, -0.15) is 5.10 Å². The number of pyridine rings is 1. The number of benzene rings is 2. The van der Waals surface area contributed by atoms with Crippen molar-refractivity contribution in [1.82, 2.24) is 20.1 Å². The van der Waals surface area contributed by atoms with Crippen molar-refractivity contribution in [1.29, 1.82) is 0 Å². The molecule has 0 spiro atoms. The third-order valence-corrected chi connectivity index (χ3v) is 6.10. The number of carbonyl (C=O) groups excluding carboxylic acids is 1. The van der Waals surface area contributed by atoms with E-state index in [9.17, 15) is 4.79 Å². The first-order valence-corrected chi connectivity index (χ1v) is 11.1. The van der Waals surface area contributed by atoms with Crippen LogP contribution in [-0.2, 0) is 17.8 Å². The van der Waals surface area contributed by atoms with Crippen LogP contribution in [0.3, 0.4) is 0 Å². The summed E-state index contributed by atoms with van der Waals surface area (Å²) in [7, 11) is 0. The number of carbonyl (C=O) groups is 1. The van der Waals surface area contributed by atoms with E-state index in [2.05, 4.69) is 12.2 Å². The summed E-state index contributed by atoms with van der Waals surface area (Å²) in [5.74, 6) is 1.46. The van der Waals surface area contributed by atoms with E-state index in [1.165, 1.54) is 0 Å². The molecule has 5 rings (SSSR count). The Morgan fingerprint density at radius 3 is 2.64 bits per heavy atom. The minimum Gasteiger partial charge on any atom is -0.454 e. The van der Waals surface area contributed by atoms with E-state index >= 15 is 0 Å². The van der Waals surface area contributed by atoms with Crippen LogP contribution in [0, 0.1) is 20.8 Å². The fraction of sp³-hybridized carbons (Fsp3) is 0.269. The highest BCUT2D eigenvalue weighted by Crippen LogP contribution is 2.32. The molecule has 168 valence electrons. The van der Waals surface area contributed by atoms with Crippen molar-refractivity contribution in [2.24, 2.45) is 0 Å². The molecule has 0 bridgehead atoms. The second-order valence-corrected chi connectivity index (χ2v) is 8.30. The smallest absolute Gasteiger partial charge is 0.231 e. The molecule has 7 nitrogen and oxygen atoms in total. The zero-order chi connectivity index (χ0) is 22.9. The molecule has 0 fully saturated rings. The number of aromatic nitrogens is 3. The van der Waals surface area contributed by atoms with Crippen LogP contribution in [0.1, 0.15) is 34.5 Å². The quantitative estimate of drug-likeness (QED) is 0.481. The molecule has 1 N–H and O–H groups in total. The number of hydrogen-bond acceptors (Lipinski definition) is 5. The van der Waals surface area contributed by atoms with Crippen LogP contribution in [0.4, 0.5) is 0 Å². The van der Waals surface area contributed by atoms with Crippen molar-refractivity contribution in [3.63, 3.8) is 0 Å². The van der Waals surface area contributed by atoms with Gasteiger partial charge in [0.05, 0.1) is 11.4 Å². The van der Waals surface area contributed by atoms with Crippen molar-refractivity contribution in [2.45, 2.75) is 40.2 Å². The van der Waals surface area contributed by atoms with E-state index in [0.29, 0.717) is 19.4 Å². The van der Waals surface area contributed by atoms with E-state index in [4.69, 9.17) is 19.6 Å². The maximum Gasteiger partial charge on any atom is 0.231 e. The number of fused-ring (bicyclic) bond motifs is 2. The first-order chi connectivity index (χ1) is 16.0. The maximum absolute atomic E-state index is 12.6. The van der Waals surface area contributed by atoms with Crippen LogP contribution >= 0.6 is 0 Å². The molecule has 2 aromatic heterocycles. The second-order valence-electron chi connectivity index (χ2n) is 8.30. The number of nitrogens with one attached hydrogen (secondary N) is 1. The molecule has 2 aromatic carbocycles. The largest absolute Gasteiger partial charge is 0.454 e. The summed E-state index contributed by atoms with van der Waals surface area (Å²) < 4.78 is 12.6. The molecule has 1 aliphatic rings. The van der Waals surface area contributed by atoms with Gasteiger partial charge in [0.25, 0.3) is 0 Å². The molecular weight excluding hydrogens is 416 g/mol. The summed E-state index contributed by atoms with van der Waals surface area (Å²) in [6.45, 7) is 6.80. The molecule has 0 saturated carbocycles. The Morgan fingerprint density at radius 1 is 1.03 bits per heavy atom. The van der Waals surface area contributed by atoms with Crippen LogP contribution in [0.2, 0.25) is 0 Å². The summed E-state index contributed by atoms with van der Waals surface area (Å²) in [5.41, 5.74) is 6.93. The molecule has 0 aliphatic carbocycles. The van der Waals surface area contributed by atoms with Gasteiger partial charge >= 0.3 is 0 Å². The lowest BCUT2D eigenvalue weighted by Crippen LogP contribution is -2.23. The van der Waals surface area contributed by atoms with Gasteiger partial charge in [-0.1, -0.05) is 24.3 Å². The van der Waals surface area contributed by atoms with Crippen LogP contribution in [0.25, 0.3) is 16.7 Å². The molecular formula is C26H26N4O3. The van der Waals surface area contributed by atoms with E-state index in [1.807, 2.05) is 67.1 Å². The standard InChI is InChI=1S/C26H26N4O3/c1-16-21(10-12-24(31)27-14-19-9-11-22-23(13-19)33-15-32-22)17(2)28-26-25(16)18(3)29-30(26)20-7-5-4-6-8-20/h4-9,11,13H,10,12,14-15H2,1-3H3,(H,27,31). The number of rotatable bonds is 6. The first-order valence-electron chi connectivity index (χ1n) is 11.1. The Hall–Kier alpha value is -3.87. The lowest BCUT2D eigenvalue weighted by atomic mass is 9.99. The van der Waals surface area contributed by atoms with Crippen LogP contribution in [-0.4, -0.2) is 27.5 Å². The van der Waals surface area contributed by atoms with Crippen molar-refractivity contribution in [3.8, 4) is 17.2 Å². The number of amides is 1. The molecule has 0 radical (unpaired) electrons. The molecule has 4 aromatic rings. The zero-order valence-electron chi connectivity index (χ0n) is 19.0. The Bertz CT molecular complexity index is 1350. The average Bonchev–Trinajstić information content (AvgIpc) is 3.42. The number of aryl methyl sites for hydroxylation is 3. The van der Waals surface area contributed by atoms with Gasteiger partial charge in [-0.25, -0.2) is 9.67 Å². The van der Waals surface area contributed by atoms with Crippen LogP contribution < -0.4 is 14.8 Å². The van der Waals surface area contributed by atoms with E-state index in [0.717, 1.165) is 56.3 Å². The molecule has 33 heavy (non-hydrogen) atoms.